The van der Waals surface area contributed by atoms with Crippen molar-refractivity contribution in [1.29, 1.82) is 10.5 Å². The van der Waals surface area contributed by atoms with Crippen LogP contribution in [0.15, 0.2) is 53.5 Å². The van der Waals surface area contributed by atoms with Crippen LogP contribution in [0, 0.1) is 35.0 Å². The Morgan fingerprint density at radius 2 is 1.89 bits per heavy atom. The second kappa shape index (κ2) is 11.4. The Hall–Kier alpha value is -5.18. The highest BCUT2D eigenvalue weighted by Crippen LogP contribution is 2.47. The molecular formula is C31H34F2N12. The van der Waals surface area contributed by atoms with Crippen molar-refractivity contribution in [3.63, 3.8) is 0 Å². The van der Waals surface area contributed by atoms with Gasteiger partial charge in [0.25, 0.3) is 6.43 Å². The van der Waals surface area contributed by atoms with Gasteiger partial charge < -0.3 is 16.1 Å². The van der Waals surface area contributed by atoms with E-state index in [9.17, 15) is 19.3 Å². The molecule has 0 spiro atoms. The molecular weight excluding hydrogens is 578 g/mol. The summed E-state index contributed by atoms with van der Waals surface area (Å²) in [7, 11) is 0. The van der Waals surface area contributed by atoms with Crippen LogP contribution in [0.25, 0.3) is 10.9 Å². The maximum absolute atomic E-state index is 14.0. The van der Waals surface area contributed by atoms with Crippen LogP contribution >= 0.6 is 0 Å². The van der Waals surface area contributed by atoms with Gasteiger partial charge in [-0.15, -0.1) is 11.1 Å². The lowest BCUT2D eigenvalue weighted by Gasteiger charge is -2.26. The van der Waals surface area contributed by atoms with Gasteiger partial charge in [-0.25, -0.2) is 19.3 Å². The van der Waals surface area contributed by atoms with Crippen molar-refractivity contribution in [3.05, 3.63) is 70.7 Å². The lowest BCUT2D eigenvalue weighted by Crippen LogP contribution is -2.48. The molecule has 2 aliphatic heterocycles. The number of fused-ring (bicyclic) bond motifs is 1. The van der Waals surface area contributed by atoms with E-state index in [1.54, 1.807) is 23.6 Å². The van der Waals surface area contributed by atoms with Gasteiger partial charge >= 0.3 is 0 Å². The van der Waals surface area contributed by atoms with Crippen LogP contribution in [0.2, 0.25) is 0 Å². The molecule has 12 nitrogen and oxygen atoms in total. The van der Waals surface area contributed by atoms with Gasteiger partial charge in [0.05, 0.1) is 39.8 Å². The van der Waals surface area contributed by atoms with Crippen LogP contribution in [0.1, 0.15) is 61.9 Å². The van der Waals surface area contributed by atoms with Gasteiger partial charge in [0.1, 0.15) is 24.0 Å². The zero-order chi connectivity index (χ0) is 31.9. The normalized spacial score (nSPS) is 17.4. The summed E-state index contributed by atoms with van der Waals surface area (Å²) in [5.41, 5.74) is 15.9. The molecule has 2 aromatic carbocycles. The van der Waals surface area contributed by atoms with E-state index >= 15 is 0 Å². The van der Waals surface area contributed by atoms with E-state index in [1.807, 2.05) is 31.2 Å². The predicted octanol–water partition coefficient (Wildman–Crippen LogP) is 4.63. The van der Waals surface area contributed by atoms with Crippen LogP contribution in [-0.4, -0.2) is 34.8 Å². The second-order valence-electron chi connectivity index (χ2n) is 12.6. The Kier molecular flexibility index (Phi) is 7.56. The first kappa shape index (κ1) is 29.9. The molecule has 1 aliphatic carbocycles. The number of nitrogens with zero attached hydrogens (tertiary/aromatic N) is 6. The molecule has 1 atom stereocenters. The molecule has 1 saturated carbocycles. The van der Waals surface area contributed by atoms with E-state index in [1.165, 1.54) is 11.2 Å². The lowest BCUT2D eigenvalue weighted by molar-refractivity contribution is 0.00911. The summed E-state index contributed by atoms with van der Waals surface area (Å²) in [6.07, 6.45) is 2.99. The maximum atomic E-state index is 14.0. The van der Waals surface area contributed by atoms with Crippen molar-refractivity contribution in [1.82, 2.24) is 32.0 Å². The van der Waals surface area contributed by atoms with Gasteiger partial charge in [-0.2, -0.15) is 15.6 Å². The summed E-state index contributed by atoms with van der Waals surface area (Å²) < 4.78 is 28.1. The Balaban J connectivity index is 1.46. The van der Waals surface area contributed by atoms with Gasteiger partial charge in [0, 0.05) is 30.0 Å². The molecule has 232 valence electrons. The highest BCUT2D eigenvalue weighted by atomic mass is 19.3. The number of aromatic nitrogens is 1. The van der Waals surface area contributed by atoms with Gasteiger partial charge in [-0.1, -0.05) is 32.9 Å². The number of hydrogen-bond donors (Lipinski definition) is 6. The van der Waals surface area contributed by atoms with Crippen LogP contribution < -0.4 is 37.7 Å². The highest BCUT2D eigenvalue weighted by Gasteiger charge is 2.56. The first-order chi connectivity index (χ1) is 21.5. The second-order valence-corrected chi connectivity index (χ2v) is 12.6. The number of nitriles is 2. The zero-order valence-corrected chi connectivity index (χ0v) is 25.3. The van der Waals surface area contributed by atoms with Crippen LogP contribution in [0.5, 0.6) is 0 Å². The number of alkyl halides is 2. The van der Waals surface area contributed by atoms with Crippen molar-refractivity contribution in [2.45, 2.75) is 58.5 Å². The molecule has 0 saturated heterocycles. The molecule has 0 amide bonds. The number of benzene rings is 2. The van der Waals surface area contributed by atoms with Gasteiger partial charge in [-0.05, 0) is 54.5 Å². The molecule has 0 radical (unpaired) electrons. The van der Waals surface area contributed by atoms with Crippen molar-refractivity contribution >= 4 is 34.3 Å². The Labute approximate surface area is 259 Å². The Morgan fingerprint density at radius 1 is 1.11 bits per heavy atom. The molecule has 6 rings (SSSR count). The third-order valence-corrected chi connectivity index (χ3v) is 8.19. The largest absolute Gasteiger partial charge is 0.383 e. The standard InChI is InChI=1S/C31H34F2N12/c1-18-22(6-5-7-25(18)44-17-38-41-43-44)28(24-15-45(42-40-24)31(8-9-31)29(32)33)39-21-10-19(12-34)26-23(11-21)27(20(13-35)14-36-26)37-16-30(2,3)4/h5-7,10-11,14-15,17,28-29,39-43H,8-9,16H2,1-4H3,(H,36,37)/t28-/m0/s1. The van der Waals surface area contributed by atoms with Gasteiger partial charge in [0.2, 0.25) is 0 Å². The maximum Gasteiger partial charge on any atom is 0.262 e. The third-order valence-electron chi connectivity index (χ3n) is 8.19. The van der Waals surface area contributed by atoms with E-state index in [4.69, 9.17) is 0 Å². The van der Waals surface area contributed by atoms with Crippen molar-refractivity contribution in [3.8, 4) is 12.1 Å². The summed E-state index contributed by atoms with van der Waals surface area (Å²) >= 11 is 0. The monoisotopic (exact) mass is 612 g/mol. The molecule has 3 heterocycles. The highest BCUT2D eigenvalue weighted by molar-refractivity contribution is 5.99. The number of anilines is 3. The molecule has 1 fully saturated rings. The fourth-order valence-electron chi connectivity index (χ4n) is 5.53. The first-order valence-electron chi connectivity index (χ1n) is 14.6. The van der Waals surface area contributed by atoms with Crippen LogP contribution in [0.3, 0.4) is 0 Å². The number of nitrogens with one attached hydrogen (secondary N) is 6. The third kappa shape index (κ3) is 5.61. The molecule has 1 aromatic heterocycles. The van der Waals surface area contributed by atoms with E-state index < -0.39 is 18.0 Å². The molecule has 3 aliphatic rings. The fraction of sp³-hybridized carbons (Fsp3) is 0.355. The lowest BCUT2D eigenvalue weighted by atomic mass is 9.95. The quantitative estimate of drug-likeness (QED) is 0.201. The molecule has 6 N–H and O–H groups in total. The Morgan fingerprint density at radius 3 is 2.53 bits per heavy atom. The fourth-order valence-corrected chi connectivity index (χ4v) is 5.53. The average molecular weight is 613 g/mol. The molecule has 0 bridgehead atoms. The number of pyridine rings is 1. The number of rotatable bonds is 9. The smallest absolute Gasteiger partial charge is 0.262 e. The zero-order valence-electron chi connectivity index (χ0n) is 25.3. The molecule has 0 unspecified atom stereocenters. The minimum atomic E-state index is -2.52. The van der Waals surface area contributed by atoms with E-state index in [2.05, 4.69) is 75.7 Å². The summed E-state index contributed by atoms with van der Waals surface area (Å²) in [6.45, 7) is 8.81. The SMILES string of the molecule is Cc1c([C@H](Nc2cc(C#N)c3ncc(C#N)c(NCC(C)(C)C)c3c2)C2=CN(C3(C(F)F)CC3)NN2)cccc1N1C=NNN1. The van der Waals surface area contributed by atoms with Crippen molar-refractivity contribution in [2.24, 2.45) is 10.5 Å². The summed E-state index contributed by atoms with van der Waals surface area (Å²) in [5.74, 6) is 0. The first-order valence-corrected chi connectivity index (χ1v) is 14.6. The van der Waals surface area contributed by atoms with Crippen LogP contribution in [0.4, 0.5) is 25.8 Å². The minimum Gasteiger partial charge on any atom is -0.383 e. The summed E-state index contributed by atoms with van der Waals surface area (Å²) in [6, 6.07) is 13.3. The minimum absolute atomic E-state index is 0.0784. The number of hydrogen-bond acceptors (Lipinski definition) is 12. The van der Waals surface area contributed by atoms with Crippen LogP contribution in [-0.2, 0) is 0 Å². The van der Waals surface area contributed by atoms with E-state index in [0.29, 0.717) is 58.5 Å². The molecule has 3 aromatic rings. The van der Waals surface area contributed by atoms with Crippen molar-refractivity contribution < 1.29 is 8.78 Å². The topological polar surface area (TPSA) is 151 Å². The number of halogens is 2. The van der Waals surface area contributed by atoms with Gasteiger partial charge in [0.15, 0.2) is 0 Å². The number of hydrazine groups is 4. The summed E-state index contributed by atoms with van der Waals surface area (Å²) in [5, 5.41) is 34.8. The molecule has 45 heavy (non-hydrogen) atoms. The van der Waals surface area contributed by atoms with E-state index in [-0.39, 0.29) is 5.41 Å². The predicted molar refractivity (Wildman–Crippen MR) is 168 cm³/mol. The Bertz CT molecular complexity index is 1780. The van der Waals surface area contributed by atoms with Gasteiger partial charge in [-0.3, -0.25) is 9.99 Å². The van der Waals surface area contributed by atoms with Crippen molar-refractivity contribution in [2.75, 3.05) is 22.2 Å². The van der Waals surface area contributed by atoms with E-state index in [0.717, 1.165) is 16.8 Å². The average Bonchev–Trinajstić information content (AvgIpc) is 3.39. The molecule has 14 heteroatoms. The summed E-state index contributed by atoms with van der Waals surface area (Å²) in [4.78, 5) is 4.46. The number of hydrazone groups is 1.